The molecule has 0 aromatic rings. The molecule has 2 bridgehead atoms. The SMILES string of the molecule is NC12CC(CC(=O)COC3CC(OC(F)(F)F)C3)(C1)C2. The summed E-state index contributed by atoms with van der Waals surface area (Å²) in [7, 11) is 0. The summed E-state index contributed by atoms with van der Waals surface area (Å²) in [6.45, 7) is -0.0112. The van der Waals surface area contributed by atoms with Gasteiger partial charge >= 0.3 is 6.36 Å². The predicted molar refractivity (Wildman–Crippen MR) is 62.7 cm³/mol. The van der Waals surface area contributed by atoms with Crippen LogP contribution in [0, 0.1) is 5.41 Å². The van der Waals surface area contributed by atoms with Gasteiger partial charge in [0.05, 0.1) is 12.2 Å². The summed E-state index contributed by atoms with van der Waals surface area (Å²) in [4.78, 5) is 11.8. The van der Waals surface area contributed by atoms with Crippen LogP contribution in [0.4, 0.5) is 13.2 Å². The van der Waals surface area contributed by atoms with Crippen molar-refractivity contribution in [3.05, 3.63) is 0 Å². The van der Waals surface area contributed by atoms with Crippen molar-refractivity contribution in [1.82, 2.24) is 0 Å². The fourth-order valence-electron chi connectivity index (χ4n) is 3.89. The molecule has 114 valence electrons. The molecule has 2 N–H and O–H groups in total. The monoisotopic (exact) mass is 293 g/mol. The van der Waals surface area contributed by atoms with Crippen LogP contribution in [0.1, 0.15) is 38.5 Å². The van der Waals surface area contributed by atoms with Crippen molar-refractivity contribution in [2.24, 2.45) is 11.1 Å². The van der Waals surface area contributed by atoms with Crippen molar-refractivity contribution < 1.29 is 27.4 Å². The molecular formula is C13H18F3NO3. The lowest BCUT2D eigenvalue weighted by Crippen LogP contribution is -2.72. The van der Waals surface area contributed by atoms with Crippen LogP contribution in [-0.4, -0.2) is 36.5 Å². The zero-order chi connectivity index (χ0) is 14.6. The molecule has 0 spiro atoms. The lowest BCUT2D eigenvalue weighted by Gasteiger charge is -2.69. The zero-order valence-electron chi connectivity index (χ0n) is 11.0. The van der Waals surface area contributed by atoms with E-state index in [1.807, 2.05) is 0 Å². The Balaban J connectivity index is 1.29. The summed E-state index contributed by atoms with van der Waals surface area (Å²) < 4.78 is 44.9. The van der Waals surface area contributed by atoms with E-state index in [0.29, 0.717) is 6.42 Å². The Labute approximate surface area is 114 Å². The number of carbonyl (C=O) groups excluding carboxylic acids is 1. The van der Waals surface area contributed by atoms with Gasteiger partial charge in [0.15, 0.2) is 5.78 Å². The molecule has 0 aromatic heterocycles. The van der Waals surface area contributed by atoms with Crippen LogP contribution in [0.3, 0.4) is 0 Å². The third-order valence-electron chi connectivity index (χ3n) is 4.59. The summed E-state index contributed by atoms with van der Waals surface area (Å²) in [5.41, 5.74) is 6.01. The van der Waals surface area contributed by atoms with Gasteiger partial charge in [-0.2, -0.15) is 0 Å². The van der Waals surface area contributed by atoms with E-state index < -0.39 is 12.5 Å². The van der Waals surface area contributed by atoms with Crippen molar-refractivity contribution in [2.45, 2.75) is 62.6 Å². The molecule has 4 fully saturated rings. The molecule has 0 saturated heterocycles. The smallest absolute Gasteiger partial charge is 0.370 e. The normalized spacial score (nSPS) is 42.4. The molecule has 0 aromatic carbocycles. The Morgan fingerprint density at radius 2 is 1.80 bits per heavy atom. The third-order valence-corrected chi connectivity index (χ3v) is 4.59. The lowest BCUT2D eigenvalue weighted by atomic mass is 9.38. The van der Waals surface area contributed by atoms with E-state index >= 15 is 0 Å². The molecule has 4 nitrogen and oxygen atoms in total. The molecule has 0 radical (unpaired) electrons. The highest BCUT2D eigenvalue weighted by Gasteiger charge is 2.65. The van der Waals surface area contributed by atoms with Gasteiger partial charge in [0.25, 0.3) is 0 Å². The first-order chi connectivity index (χ1) is 9.17. The van der Waals surface area contributed by atoms with E-state index in [-0.39, 0.29) is 42.3 Å². The van der Waals surface area contributed by atoms with Gasteiger partial charge in [0.2, 0.25) is 0 Å². The second kappa shape index (κ2) is 4.42. The van der Waals surface area contributed by atoms with E-state index in [2.05, 4.69) is 4.74 Å². The Kier molecular flexibility index (Phi) is 3.15. The number of ketones is 1. The highest BCUT2D eigenvalue weighted by molar-refractivity contribution is 5.81. The number of hydrogen-bond acceptors (Lipinski definition) is 4. The van der Waals surface area contributed by atoms with E-state index in [1.165, 1.54) is 0 Å². The molecule has 4 rings (SSSR count). The number of alkyl halides is 3. The number of carbonyl (C=O) groups is 1. The van der Waals surface area contributed by atoms with Crippen LogP contribution in [0.2, 0.25) is 0 Å². The van der Waals surface area contributed by atoms with Gasteiger partial charge in [0.1, 0.15) is 6.61 Å². The van der Waals surface area contributed by atoms with Crippen molar-refractivity contribution in [2.75, 3.05) is 6.61 Å². The largest absolute Gasteiger partial charge is 0.522 e. The second-order valence-corrected chi connectivity index (χ2v) is 6.70. The van der Waals surface area contributed by atoms with Gasteiger partial charge < -0.3 is 10.5 Å². The van der Waals surface area contributed by atoms with Crippen molar-refractivity contribution in [3.8, 4) is 0 Å². The first-order valence-electron chi connectivity index (χ1n) is 6.84. The Morgan fingerprint density at radius 3 is 2.30 bits per heavy atom. The minimum atomic E-state index is -4.59. The van der Waals surface area contributed by atoms with E-state index in [9.17, 15) is 18.0 Å². The summed E-state index contributed by atoms with van der Waals surface area (Å²) in [5.74, 6) is 0.0203. The first-order valence-corrected chi connectivity index (χ1v) is 6.84. The summed E-state index contributed by atoms with van der Waals surface area (Å²) in [6.07, 6.45) is -2.09. The van der Waals surface area contributed by atoms with Gasteiger partial charge in [-0.15, -0.1) is 13.2 Å². The minimum absolute atomic E-state index is 0.0112. The molecule has 4 saturated carbocycles. The number of halogens is 3. The predicted octanol–water partition coefficient (Wildman–Crippen LogP) is 1.91. The van der Waals surface area contributed by atoms with Gasteiger partial charge in [0, 0.05) is 24.8 Å². The number of rotatable bonds is 6. The quantitative estimate of drug-likeness (QED) is 0.812. The number of hydrogen-bond donors (Lipinski definition) is 1. The van der Waals surface area contributed by atoms with Crippen molar-refractivity contribution >= 4 is 5.78 Å². The number of ether oxygens (including phenoxy) is 2. The molecule has 4 aliphatic carbocycles. The Bertz CT molecular complexity index is 398. The van der Waals surface area contributed by atoms with Crippen LogP contribution in [-0.2, 0) is 14.3 Å². The molecule has 20 heavy (non-hydrogen) atoms. The molecule has 4 aliphatic rings. The Hall–Kier alpha value is -0.660. The Morgan fingerprint density at radius 1 is 1.20 bits per heavy atom. The van der Waals surface area contributed by atoms with Crippen LogP contribution < -0.4 is 5.73 Å². The maximum absolute atomic E-state index is 11.9. The average molecular weight is 293 g/mol. The van der Waals surface area contributed by atoms with Gasteiger partial charge in [-0.1, -0.05) is 0 Å². The van der Waals surface area contributed by atoms with Crippen LogP contribution >= 0.6 is 0 Å². The molecular weight excluding hydrogens is 275 g/mol. The summed E-state index contributed by atoms with van der Waals surface area (Å²) >= 11 is 0. The molecule has 0 unspecified atom stereocenters. The molecule has 0 atom stereocenters. The summed E-state index contributed by atoms with van der Waals surface area (Å²) in [5, 5.41) is 0. The number of nitrogens with two attached hydrogens (primary N) is 1. The zero-order valence-corrected chi connectivity index (χ0v) is 11.0. The van der Waals surface area contributed by atoms with E-state index in [1.54, 1.807) is 0 Å². The van der Waals surface area contributed by atoms with Gasteiger partial charge in [-0.05, 0) is 24.7 Å². The van der Waals surface area contributed by atoms with Gasteiger partial charge in [-0.25, -0.2) is 0 Å². The average Bonchev–Trinajstić information content (AvgIpc) is 2.15. The topological polar surface area (TPSA) is 61.6 Å². The third kappa shape index (κ3) is 2.84. The lowest BCUT2D eigenvalue weighted by molar-refractivity contribution is -0.357. The van der Waals surface area contributed by atoms with Crippen LogP contribution in [0.25, 0.3) is 0 Å². The number of Topliss-reactive ketones (excluding diaryl/α,β-unsaturated/α-hetero) is 1. The highest BCUT2D eigenvalue weighted by Crippen LogP contribution is 2.67. The van der Waals surface area contributed by atoms with Crippen molar-refractivity contribution in [3.63, 3.8) is 0 Å². The van der Waals surface area contributed by atoms with E-state index in [4.69, 9.17) is 10.5 Å². The van der Waals surface area contributed by atoms with Gasteiger partial charge in [-0.3, -0.25) is 9.53 Å². The van der Waals surface area contributed by atoms with Crippen LogP contribution in [0.5, 0.6) is 0 Å². The standard InChI is InChI=1S/C13H18F3NO3/c14-13(15,16)20-10-1-9(2-10)19-4-8(18)3-11-5-12(17,6-11)7-11/h9-10H,1-7,17H2. The summed E-state index contributed by atoms with van der Waals surface area (Å²) in [6, 6.07) is 0. The molecule has 7 heteroatoms. The minimum Gasteiger partial charge on any atom is -0.370 e. The fraction of sp³-hybridized carbons (Fsp3) is 0.923. The van der Waals surface area contributed by atoms with E-state index in [0.717, 1.165) is 19.3 Å². The molecule has 0 aliphatic heterocycles. The van der Waals surface area contributed by atoms with Crippen molar-refractivity contribution in [1.29, 1.82) is 0 Å². The fourth-order valence-corrected chi connectivity index (χ4v) is 3.89. The maximum atomic E-state index is 11.9. The van der Waals surface area contributed by atoms with Crippen LogP contribution in [0.15, 0.2) is 0 Å². The first kappa shape index (κ1) is 14.3. The highest BCUT2D eigenvalue weighted by atomic mass is 19.4. The maximum Gasteiger partial charge on any atom is 0.522 e. The second-order valence-electron chi connectivity index (χ2n) is 6.70. The molecule has 0 amide bonds. The molecule has 0 heterocycles.